The molecular weight excluding hydrogens is 416 g/mol. The number of fused-ring (bicyclic) bond motifs is 8. The first-order chi connectivity index (χ1) is 15.1. The molecule has 0 spiro atoms. The average molecular weight is 451 g/mol. The highest BCUT2D eigenvalue weighted by molar-refractivity contribution is 5.96. The highest BCUT2D eigenvalue weighted by atomic mass is 16.6. The molecule has 0 aromatic rings. The topological polar surface area (TPSA) is 117 Å². The minimum atomic E-state index is -1.01. The highest BCUT2D eigenvalue weighted by Gasteiger charge is 2.53. The molecule has 2 saturated heterocycles. The molecule has 178 valence electrons. The van der Waals surface area contributed by atoms with Crippen LogP contribution in [0.25, 0.3) is 0 Å². The Kier molecular flexibility index (Phi) is 7.24. The minimum absolute atomic E-state index is 0.0251. The maximum atomic E-state index is 13.3. The third-order valence-corrected chi connectivity index (χ3v) is 6.16. The van der Waals surface area contributed by atoms with Crippen LogP contribution in [0.5, 0.6) is 0 Å². The monoisotopic (exact) mass is 450 g/mol. The molecule has 0 radical (unpaired) electrons. The van der Waals surface area contributed by atoms with Crippen molar-refractivity contribution in [2.45, 2.75) is 51.2 Å². The van der Waals surface area contributed by atoms with Crippen LogP contribution < -0.4 is 10.6 Å². The number of nitrogens with one attached hydrogen (secondary N) is 2. The van der Waals surface area contributed by atoms with Gasteiger partial charge in [0.25, 0.3) is 0 Å². The zero-order valence-corrected chi connectivity index (χ0v) is 19.3. The van der Waals surface area contributed by atoms with Gasteiger partial charge >= 0.3 is 12.2 Å². The Hall–Kier alpha value is -2.46. The first-order valence-corrected chi connectivity index (χ1v) is 11.2. The summed E-state index contributed by atoms with van der Waals surface area (Å²) in [7, 11) is 0. The summed E-state index contributed by atoms with van der Waals surface area (Å²) < 4.78 is 10.5. The van der Waals surface area contributed by atoms with Crippen molar-refractivity contribution in [1.29, 1.82) is 0 Å². The maximum absolute atomic E-state index is 13.3. The van der Waals surface area contributed by atoms with Gasteiger partial charge in [0.05, 0.1) is 25.2 Å². The van der Waals surface area contributed by atoms with Gasteiger partial charge < -0.3 is 19.3 Å². The molecular formula is C22H34N4O6. The van der Waals surface area contributed by atoms with Crippen LogP contribution in [0.1, 0.15) is 34.1 Å². The van der Waals surface area contributed by atoms with Crippen LogP contribution in [0.2, 0.25) is 0 Å². The SMILES string of the molecule is CC(C)NC12CN(C1)C(=O)OC/C=C/COC(=O)N1CC[C@](C(=O)C(C)C)(C1)NCC2=O. The molecule has 2 N–H and O–H groups in total. The van der Waals surface area contributed by atoms with E-state index in [1.165, 1.54) is 9.80 Å². The number of carbonyl (C=O) groups excluding carboxylic acids is 4. The zero-order valence-electron chi connectivity index (χ0n) is 19.3. The van der Waals surface area contributed by atoms with Crippen LogP contribution in [-0.2, 0) is 19.1 Å². The Morgan fingerprint density at radius 1 is 1.00 bits per heavy atom. The molecule has 4 aliphatic rings. The third-order valence-electron chi connectivity index (χ3n) is 6.16. The van der Waals surface area contributed by atoms with Gasteiger partial charge in [-0.3, -0.25) is 20.2 Å². The van der Waals surface area contributed by atoms with E-state index in [0.717, 1.165) is 0 Å². The molecule has 0 aromatic heterocycles. The summed E-state index contributed by atoms with van der Waals surface area (Å²) in [5.41, 5.74) is -1.91. The van der Waals surface area contributed by atoms with Crippen molar-refractivity contribution < 1.29 is 28.7 Å². The van der Waals surface area contributed by atoms with Crippen molar-refractivity contribution in [3.8, 4) is 0 Å². The van der Waals surface area contributed by atoms with Gasteiger partial charge in [-0.15, -0.1) is 0 Å². The molecule has 2 fully saturated rings. The molecule has 1 atom stereocenters. The van der Waals surface area contributed by atoms with Crippen LogP contribution in [0.3, 0.4) is 0 Å². The molecule has 0 aromatic carbocycles. The lowest BCUT2D eigenvalue weighted by Gasteiger charge is -2.49. The fraction of sp³-hybridized carbons (Fsp3) is 0.727. The maximum Gasteiger partial charge on any atom is 0.410 e. The lowest BCUT2D eigenvalue weighted by atomic mass is 9.82. The van der Waals surface area contributed by atoms with Crippen molar-refractivity contribution in [1.82, 2.24) is 20.4 Å². The molecule has 0 aliphatic carbocycles. The van der Waals surface area contributed by atoms with Gasteiger partial charge in [-0.1, -0.05) is 13.8 Å². The number of hydrogen-bond acceptors (Lipinski definition) is 8. The second-order valence-corrected chi connectivity index (χ2v) is 9.41. The molecule has 4 aliphatic heterocycles. The van der Waals surface area contributed by atoms with Crippen molar-refractivity contribution in [2.75, 3.05) is 45.9 Å². The van der Waals surface area contributed by atoms with E-state index >= 15 is 0 Å². The lowest BCUT2D eigenvalue weighted by molar-refractivity contribution is -0.133. The van der Waals surface area contributed by atoms with Crippen LogP contribution >= 0.6 is 0 Å². The van der Waals surface area contributed by atoms with Crippen LogP contribution in [0, 0.1) is 5.92 Å². The Morgan fingerprint density at radius 3 is 2.16 bits per heavy atom. The van der Waals surface area contributed by atoms with Crippen LogP contribution in [0.15, 0.2) is 12.2 Å². The molecule has 0 unspecified atom stereocenters. The predicted octanol–water partition coefficient (Wildman–Crippen LogP) is 0.710. The van der Waals surface area contributed by atoms with Gasteiger partial charge in [-0.05, 0) is 32.4 Å². The molecule has 32 heavy (non-hydrogen) atoms. The number of ether oxygens (including phenoxy) is 2. The summed E-state index contributed by atoms with van der Waals surface area (Å²) in [5, 5.41) is 6.50. The Bertz CT molecular complexity index is 789. The van der Waals surface area contributed by atoms with Crippen molar-refractivity contribution in [3.63, 3.8) is 0 Å². The fourth-order valence-electron chi connectivity index (χ4n) is 4.56. The van der Waals surface area contributed by atoms with E-state index in [4.69, 9.17) is 9.47 Å². The molecule has 2 amide bonds. The van der Waals surface area contributed by atoms with E-state index in [1.54, 1.807) is 12.2 Å². The first kappa shape index (κ1) is 24.2. The van der Waals surface area contributed by atoms with E-state index in [1.807, 2.05) is 27.7 Å². The predicted molar refractivity (Wildman–Crippen MR) is 116 cm³/mol. The Morgan fingerprint density at radius 2 is 1.59 bits per heavy atom. The largest absolute Gasteiger partial charge is 0.445 e. The van der Waals surface area contributed by atoms with Gasteiger partial charge in [0.15, 0.2) is 11.6 Å². The molecule has 10 nitrogen and oxygen atoms in total. The van der Waals surface area contributed by atoms with Gasteiger partial charge in [-0.2, -0.15) is 0 Å². The summed E-state index contributed by atoms with van der Waals surface area (Å²) >= 11 is 0. The summed E-state index contributed by atoms with van der Waals surface area (Å²) in [4.78, 5) is 54.1. The van der Waals surface area contributed by atoms with Crippen molar-refractivity contribution >= 4 is 23.8 Å². The van der Waals surface area contributed by atoms with Crippen LogP contribution in [-0.4, -0.2) is 96.6 Å². The second-order valence-electron chi connectivity index (χ2n) is 9.41. The van der Waals surface area contributed by atoms with E-state index in [2.05, 4.69) is 10.6 Å². The summed E-state index contributed by atoms with van der Waals surface area (Å²) in [5.74, 6) is -0.429. The summed E-state index contributed by atoms with van der Waals surface area (Å²) in [6.45, 7) is 8.45. The zero-order chi connectivity index (χ0) is 23.5. The highest BCUT2D eigenvalue weighted by Crippen LogP contribution is 2.28. The summed E-state index contributed by atoms with van der Waals surface area (Å²) in [6, 6.07) is 0.0251. The lowest BCUT2D eigenvalue weighted by Crippen LogP contribution is -2.76. The van der Waals surface area contributed by atoms with Crippen molar-refractivity contribution in [3.05, 3.63) is 12.2 Å². The van der Waals surface area contributed by atoms with Gasteiger partial charge in [-0.25, -0.2) is 9.59 Å². The standard InChI is InChI=1S/C22H34N4O6/c1-15(2)18(28)21-7-8-25(12-21)19(29)31-9-5-6-10-32-20(30)26-13-22(14-26,24-16(3)4)17(27)11-23-21/h5-6,15-16,23-24H,7-14H2,1-4H3/b6-5+/t21-/m1/s1. The third kappa shape index (κ3) is 4.96. The van der Waals surface area contributed by atoms with Gasteiger partial charge in [0.2, 0.25) is 0 Å². The fourth-order valence-corrected chi connectivity index (χ4v) is 4.56. The average Bonchev–Trinajstić information content (AvgIpc) is 3.15. The number of carbonyl (C=O) groups is 4. The molecule has 0 saturated carbocycles. The van der Waals surface area contributed by atoms with E-state index < -0.39 is 23.3 Å². The number of Topliss-reactive ketones (excluding diaryl/α,β-unsaturated/α-hetero) is 2. The molecule has 10 heteroatoms. The minimum Gasteiger partial charge on any atom is -0.445 e. The molecule has 4 rings (SSSR count). The Labute approximate surface area is 188 Å². The molecule has 4 heterocycles. The number of rotatable bonds is 4. The number of ketones is 2. The number of nitrogens with zero attached hydrogens (tertiary/aromatic N) is 2. The van der Waals surface area contributed by atoms with E-state index in [-0.39, 0.29) is 62.9 Å². The number of hydrogen-bond donors (Lipinski definition) is 2. The van der Waals surface area contributed by atoms with Gasteiger partial charge in [0, 0.05) is 25.0 Å². The van der Waals surface area contributed by atoms with Crippen LogP contribution in [0.4, 0.5) is 9.59 Å². The normalized spacial score (nSPS) is 30.6. The quantitative estimate of drug-likeness (QED) is 0.602. The first-order valence-electron chi connectivity index (χ1n) is 11.2. The van der Waals surface area contributed by atoms with Crippen molar-refractivity contribution in [2.24, 2.45) is 5.92 Å². The summed E-state index contributed by atoms with van der Waals surface area (Å²) in [6.07, 6.45) is 2.59. The van der Waals surface area contributed by atoms with E-state index in [9.17, 15) is 19.2 Å². The smallest absolute Gasteiger partial charge is 0.410 e. The second kappa shape index (κ2) is 9.58. The molecule has 4 bridgehead atoms. The van der Waals surface area contributed by atoms with E-state index in [0.29, 0.717) is 13.0 Å². The van der Waals surface area contributed by atoms with Gasteiger partial charge in [0.1, 0.15) is 18.8 Å². The number of amides is 2. The Balaban J connectivity index is 1.85.